The molecule has 0 bridgehead atoms. The maximum absolute atomic E-state index is 14.4. The van der Waals surface area contributed by atoms with Crippen LogP contribution in [0.4, 0.5) is 5.13 Å². The molecule has 252 valence electrons. The van der Waals surface area contributed by atoms with Gasteiger partial charge in [0.15, 0.2) is 5.13 Å². The molecule has 7 rings (SSSR count). The Kier molecular flexibility index (Phi) is 7.60. The lowest BCUT2D eigenvalue weighted by molar-refractivity contribution is -0.224. The van der Waals surface area contributed by atoms with Crippen LogP contribution >= 0.6 is 11.3 Å². The number of allylic oxidation sites excluding steroid dienone is 3. The second-order valence-electron chi connectivity index (χ2n) is 17.5. The number of aromatic nitrogens is 1. The van der Waals surface area contributed by atoms with Crippen LogP contribution in [0.5, 0.6) is 0 Å². The van der Waals surface area contributed by atoms with E-state index in [1.807, 2.05) is 25.3 Å². The van der Waals surface area contributed by atoms with Gasteiger partial charge in [0.2, 0.25) is 5.91 Å². The minimum Gasteiger partial charge on any atom is -0.478 e. The normalized spacial score (nSPS) is 40.2. The fourth-order valence-corrected chi connectivity index (χ4v) is 13.7. The summed E-state index contributed by atoms with van der Waals surface area (Å²) in [5.41, 5.74) is 4.32. The van der Waals surface area contributed by atoms with Crippen LogP contribution in [-0.2, 0) is 4.79 Å². The first-order chi connectivity index (χ1) is 22.1. The Morgan fingerprint density at radius 1 is 0.936 bits per heavy atom. The number of anilines is 1. The Hall–Kier alpha value is -2.73. The number of aryl methyl sites for hydroxylation is 1. The predicted octanol–water partition coefficient (Wildman–Crippen LogP) is 10.4. The largest absolute Gasteiger partial charge is 0.478 e. The van der Waals surface area contributed by atoms with Crippen molar-refractivity contribution in [3.63, 3.8) is 0 Å². The van der Waals surface area contributed by atoms with E-state index in [0.29, 0.717) is 35.2 Å². The van der Waals surface area contributed by atoms with Crippen molar-refractivity contribution in [3.8, 4) is 0 Å². The van der Waals surface area contributed by atoms with Crippen molar-refractivity contribution in [2.75, 3.05) is 5.32 Å². The predicted molar refractivity (Wildman–Crippen MR) is 191 cm³/mol. The molecular weight excluding hydrogens is 601 g/mol. The molecule has 1 aromatic heterocycles. The Bertz CT molecular complexity index is 1650. The molecule has 2 aromatic rings. The van der Waals surface area contributed by atoms with Crippen LogP contribution in [0.1, 0.15) is 120 Å². The van der Waals surface area contributed by atoms with Gasteiger partial charge in [0.05, 0.1) is 11.0 Å². The molecule has 4 fully saturated rings. The molecule has 0 radical (unpaired) electrons. The van der Waals surface area contributed by atoms with Crippen LogP contribution < -0.4 is 5.32 Å². The van der Waals surface area contributed by atoms with Crippen molar-refractivity contribution in [3.05, 3.63) is 64.7 Å². The second-order valence-corrected chi connectivity index (χ2v) is 18.7. The summed E-state index contributed by atoms with van der Waals surface area (Å²) < 4.78 is 0. The molecule has 1 aromatic carbocycles. The zero-order valence-electron chi connectivity index (χ0n) is 29.5. The number of rotatable bonds is 5. The molecule has 47 heavy (non-hydrogen) atoms. The van der Waals surface area contributed by atoms with Gasteiger partial charge in [-0.1, -0.05) is 65.0 Å². The summed E-state index contributed by atoms with van der Waals surface area (Å²) in [6.45, 7) is 21.5. The SMILES string of the molecule is C=C(C)C1CCC2(C(=O)Nc3ncc(C)s3)CCC3(C)C(CCC4C5(C)CC=C(c6ccc(C(=O)O)cc6)C(C)(C)C5CCC43C)C12. The number of aromatic carboxylic acids is 1. The minimum absolute atomic E-state index is 0.0126. The molecule has 1 heterocycles. The van der Waals surface area contributed by atoms with Crippen molar-refractivity contribution < 1.29 is 14.7 Å². The van der Waals surface area contributed by atoms with Gasteiger partial charge in [0, 0.05) is 11.1 Å². The number of benzene rings is 1. The second kappa shape index (κ2) is 10.9. The molecule has 0 spiro atoms. The standard InChI is InChI=1S/C41H54N2O3S/c1-24(2)28-15-20-41(35(46)43-36-42-23-25(3)47-36)22-21-39(7)30(33(28)41)13-14-32-38(6)18-16-29(26-9-11-27(12-10-26)34(44)45)37(4,5)31(38)17-19-40(32,39)8/h9-12,16,23,28,30-33H,1,13-15,17-22H2,2-8H3,(H,44,45)(H,42,43,46). The number of fused-ring (bicyclic) bond motifs is 7. The smallest absolute Gasteiger partial charge is 0.335 e. The average Bonchev–Trinajstić information content (AvgIpc) is 3.61. The maximum Gasteiger partial charge on any atom is 0.335 e. The first-order valence-electron chi connectivity index (χ1n) is 18.0. The molecule has 6 heteroatoms. The Morgan fingerprint density at radius 2 is 1.66 bits per heavy atom. The van der Waals surface area contributed by atoms with Gasteiger partial charge in [-0.25, -0.2) is 9.78 Å². The van der Waals surface area contributed by atoms with E-state index in [0.717, 1.165) is 47.7 Å². The molecular formula is C41H54N2O3S. The lowest BCUT2D eigenvalue weighted by atomic mass is 9.32. The minimum atomic E-state index is -0.876. The van der Waals surface area contributed by atoms with E-state index in [1.54, 1.807) is 23.5 Å². The quantitative estimate of drug-likeness (QED) is 0.315. The van der Waals surface area contributed by atoms with Crippen LogP contribution in [-0.4, -0.2) is 22.0 Å². The van der Waals surface area contributed by atoms with Gasteiger partial charge in [-0.15, -0.1) is 11.3 Å². The Morgan fingerprint density at radius 3 is 2.30 bits per heavy atom. The third-order valence-corrected chi connectivity index (χ3v) is 16.2. The van der Waals surface area contributed by atoms with Crippen molar-refractivity contribution >= 4 is 33.9 Å². The van der Waals surface area contributed by atoms with E-state index in [4.69, 9.17) is 0 Å². The molecule has 9 atom stereocenters. The molecule has 5 aliphatic carbocycles. The van der Waals surface area contributed by atoms with Gasteiger partial charge in [-0.05, 0) is 146 Å². The first-order valence-corrected chi connectivity index (χ1v) is 18.8. The molecule has 0 saturated heterocycles. The van der Waals surface area contributed by atoms with Gasteiger partial charge in [0.1, 0.15) is 0 Å². The monoisotopic (exact) mass is 654 g/mol. The summed E-state index contributed by atoms with van der Waals surface area (Å²) in [6.07, 6.45) is 14.3. The van der Waals surface area contributed by atoms with Crippen molar-refractivity contribution in [1.82, 2.24) is 4.98 Å². The van der Waals surface area contributed by atoms with Crippen LogP contribution in [0.25, 0.3) is 5.57 Å². The number of thiazole rings is 1. The molecule has 0 aliphatic heterocycles. The van der Waals surface area contributed by atoms with E-state index in [2.05, 4.69) is 64.5 Å². The highest BCUT2D eigenvalue weighted by Crippen LogP contribution is 2.77. The summed E-state index contributed by atoms with van der Waals surface area (Å²) in [5, 5.41) is 13.5. The number of nitrogens with zero attached hydrogens (tertiary/aromatic N) is 1. The van der Waals surface area contributed by atoms with Crippen LogP contribution in [0.15, 0.2) is 48.7 Å². The zero-order chi connectivity index (χ0) is 33.7. The number of amides is 1. The molecule has 2 N–H and O–H groups in total. The summed E-state index contributed by atoms with van der Waals surface area (Å²) in [7, 11) is 0. The molecule has 4 saturated carbocycles. The van der Waals surface area contributed by atoms with Gasteiger partial charge in [-0.2, -0.15) is 0 Å². The fraction of sp³-hybridized carbons (Fsp3) is 0.634. The van der Waals surface area contributed by atoms with E-state index >= 15 is 0 Å². The van der Waals surface area contributed by atoms with Crippen molar-refractivity contribution in [1.29, 1.82) is 0 Å². The first kappa shape index (κ1) is 32.8. The Balaban J connectivity index is 1.22. The molecule has 5 nitrogen and oxygen atoms in total. The summed E-state index contributed by atoms with van der Waals surface area (Å²) >= 11 is 1.58. The summed E-state index contributed by atoms with van der Waals surface area (Å²) in [5.74, 6) is 1.71. The third kappa shape index (κ3) is 4.55. The fourth-order valence-electron chi connectivity index (χ4n) is 13.1. The third-order valence-electron chi connectivity index (χ3n) is 15.4. The number of carbonyl (C=O) groups excluding carboxylic acids is 1. The highest BCUT2D eigenvalue weighted by molar-refractivity contribution is 7.15. The van der Waals surface area contributed by atoms with Crippen LogP contribution in [0.3, 0.4) is 0 Å². The molecule has 9 unspecified atom stereocenters. The van der Waals surface area contributed by atoms with E-state index in [1.165, 1.54) is 36.8 Å². The lowest BCUT2D eigenvalue weighted by Crippen LogP contribution is -2.66. The summed E-state index contributed by atoms with van der Waals surface area (Å²) in [4.78, 5) is 31.6. The Labute approximate surface area is 285 Å². The van der Waals surface area contributed by atoms with E-state index < -0.39 is 5.97 Å². The van der Waals surface area contributed by atoms with Crippen LogP contribution in [0, 0.1) is 63.6 Å². The van der Waals surface area contributed by atoms with Crippen molar-refractivity contribution in [2.45, 2.75) is 106 Å². The molecule has 1 amide bonds. The average molecular weight is 655 g/mol. The van der Waals surface area contributed by atoms with E-state index in [9.17, 15) is 14.7 Å². The number of carboxylic acid groups (broad SMARTS) is 1. The highest BCUT2D eigenvalue weighted by atomic mass is 32.1. The lowest BCUT2D eigenvalue weighted by Gasteiger charge is -2.72. The van der Waals surface area contributed by atoms with Gasteiger partial charge < -0.3 is 10.4 Å². The highest BCUT2D eigenvalue weighted by Gasteiger charge is 2.71. The van der Waals surface area contributed by atoms with Gasteiger partial charge in [0.25, 0.3) is 0 Å². The maximum atomic E-state index is 14.4. The number of carbonyl (C=O) groups is 2. The number of hydrogen-bond acceptors (Lipinski definition) is 4. The van der Waals surface area contributed by atoms with Crippen molar-refractivity contribution in [2.24, 2.45) is 56.7 Å². The number of nitrogens with one attached hydrogen (secondary N) is 1. The zero-order valence-corrected chi connectivity index (χ0v) is 30.4. The number of hydrogen-bond donors (Lipinski definition) is 2. The van der Waals surface area contributed by atoms with Gasteiger partial charge >= 0.3 is 5.97 Å². The summed E-state index contributed by atoms with van der Waals surface area (Å²) in [6, 6.07) is 7.54. The van der Waals surface area contributed by atoms with Gasteiger partial charge in [-0.3, -0.25) is 4.79 Å². The molecule has 5 aliphatic rings. The topological polar surface area (TPSA) is 79.3 Å². The van der Waals surface area contributed by atoms with E-state index in [-0.39, 0.29) is 33.0 Å². The number of carboxylic acids is 1. The van der Waals surface area contributed by atoms with Crippen LogP contribution in [0.2, 0.25) is 0 Å².